The standard InChI is InChI=1S/C23H34N2O2S/c1-24(23(26)19-6-7-19)22(15-17-4-3-5-21(14-17)27-2)18-8-11-25(12-9-18)20-10-13-28-16-20/h3-5,14,18-20,22H,6-13,15-16H2,1-2H3. The summed E-state index contributed by atoms with van der Waals surface area (Å²) in [4.78, 5) is 17.7. The molecule has 0 bridgehead atoms. The van der Waals surface area contributed by atoms with Crippen molar-refractivity contribution in [2.24, 2.45) is 11.8 Å². The minimum atomic E-state index is 0.286. The van der Waals surface area contributed by atoms with Crippen LogP contribution in [0, 0.1) is 11.8 Å². The SMILES string of the molecule is COc1cccc(CC(C2CCN(C3CCSC3)CC2)N(C)C(=O)C2CC2)c1. The van der Waals surface area contributed by atoms with Gasteiger partial charge in [-0.2, -0.15) is 11.8 Å². The first-order valence-corrected chi connectivity index (χ1v) is 12.0. The second kappa shape index (κ2) is 9.08. The van der Waals surface area contributed by atoms with Gasteiger partial charge in [-0.05, 0) is 81.0 Å². The zero-order valence-corrected chi connectivity index (χ0v) is 18.1. The number of carbonyl (C=O) groups is 1. The molecule has 2 heterocycles. The summed E-state index contributed by atoms with van der Waals surface area (Å²) in [6, 6.07) is 9.45. The molecule has 2 atom stereocenters. The summed E-state index contributed by atoms with van der Waals surface area (Å²) in [6.45, 7) is 2.38. The van der Waals surface area contributed by atoms with E-state index in [-0.39, 0.29) is 5.92 Å². The summed E-state index contributed by atoms with van der Waals surface area (Å²) in [5.74, 6) is 4.76. The third kappa shape index (κ3) is 4.68. The van der Waals surface area contributed by atoms with Crippen LogP contribution in [-0.4, -0.2) is 66.5 Å². The number of hydrogen-bond acceptors (Lipinski definition) is 4. The second-order valence-electron chi connectivity index (χ2n) is 8.74. The van der Waals surface area contributed by atoms with Crippen molar-refractivity contribution in [3.63, 3.8) is 0 Å². The molecule has 3 fully saturated rings. The summed E-state index contributed by atoms with van der Waals surface area (Å²) in [7, 11) is 3.77. The normalized spacial score (nSPS) is 24.9. The topological polar surface area (TPSA) is 32.8 Å². The summed E-state index contributed by atoms with van der Waals surface area (Å²) in [5, 5.41) is 0. The lowest BCUT2D eigenvalue weighted by molar-refractivity contribution is -0.134. The Bertz CT molecular complexity index is 664. The molecule has 4 nitrogen and oxygen atoms in total. The molecule has 0 spiro atoms. The highest BCUT2D eigenvalue weighted by Gasteiger charge is 2.38. The molecule has 1 aromatic rings. The van der Waals surface area contributed by atoms with Crippen molar-refractivity contribution in [1.82, 2.24) is 9.80 Å². The molecule has 1 saturated carbocycles. The summed E-state index contributed by atoms with van der Waals surface area (Å²) < 4.78 is 5.42. The second-order valence-corrected chi connectivity index (χ2v) is 9.89. The van der Waals surface area contributed by atoms with E-state index in [0.717, 1.165) is 31.1 Å². The summed E-state index contributed by atoms with van der Waals surface area (Å²) in [6.07, 6.45) is 6.84. The Morgan fingerprint density at radius 2 is 2.04 bits per heavy atom. The molecule has 154 valence electrons. The smallest absolute Gasteiger partial charge is 0.225 e. The molecule has 2 aliphatic heterocycles. The number of amides is 1. The van der Waals surface area contributed by atoms with E-state index >= 15 is 0 Å². The largest absolute Gasteiger partial charge is 0.497 e. The van der Waals surface area contributed by atoms with E-state index < -0.39 is 0 Å². The number of nitrogens with zero attached hydrogens (tertiary/aromatic N) is 2. The van der Waals surface area contributed by atoms with Gasteiger partial charge in [-0.3, -0.25) is 9.69 Å². The maximum atomic E-state index is 12.9. The maximum absolute atomic E-state index is 12.9. The fourth-order valence-electron chi connectivity index (χ4n) is 4.92. The number of likely N-dealkylation sites (tertiary alicyclic amines) is 1. The number of piperidine rings is 1. The number of ether oxygens (including phenoxy) is 1. The summed E-state index contributed by atoms with van der Waals surface area (Å²) >= 11 is 2.10. The molecule has 1 aromatic carbocycles. The van der Waals surface area contributed by atoms with Gasteiger partial charge in [0.25, 0.3) is 0 Å². The number of rotatable bonds is 7. The van der Waals surface area contributed by atoms with Gasteiger partial charge in [0.2, 0.25) is 5.91 Å². The molecule has 0 aromatic heterocycles. The molecule has 5 heteroatoms. The fourth-order valence-corrected chi connectivity index (χ4v) is 6.18. The zero-order valence-electron chi connectivity index (χ0n) is 17.3. The molecule has 2 unspecified atom stereocenters. The molecule has 1 amide bonds. The van der Waals surface area contributed by atoms with Crippen molar-refractivity contribution in [3.05, 3.63) is 29.8 Å². The molecule has 1 aliphatic carbocycles. The number of likely N-dealkylation sites (N-methyl/N-ethyl adjacent to an activating group) is 1. The Labute approximate surface area is 174 Å². The molecule has 0 radical (unpaired) electrons. The van der Waals surface area contributed by atoms with Gasteiger partial charge in [-0.15, -0.1) is 0 Å². The average Bonchev–Trinajstić information content (AvgIpc) is 3.45. The van der Waals surface area contributed by atoms with Crippen molar-refractivity contribution >= 4 is 17.7 Å². The first kappa shape index (κ1) is 20.1. The van der Waals surface area contributed by atoms with Crippen LogP contribution in [-0.2, 0) is 11.2 Å². The van der Waals surface area contributed by atoms with E-state index in [9.17, 15) is 4.79 Å². The van der Waals surface area contributed by atoms with Crippen LogP contribution < -0.4 is 4.74 Å². The Morgan fingerprint density at radius 3 is 2.68 bits per heavy atom. The van der Waals surface area contributed by atoms with Gasteiger partial charge in [0, 0.05) is 30.8 Å². The third-order valence-corrected chi connectivity index (χ3v) is 8.04. The van der Waals surface area contributed by atoms with E-state index in [1.165, 1.54) is 49.4 Å². The molecule has 0 N–H and O–H groups in total. The van der Waals surface area contributed by atoms with Crippen molar-refractivity contribution in [2.45, 2.75) is 50.6 Å². The number of hydrogen-bond donors (Lipinski definition) is 0. The highest BCUT2D eigenvalue weighted by Crippen LogP contribution is 2.35. The molecule has 4 rings (SSSR count). The first-order valence-electron chi connectivity index (χ1n) is 10.9. The van der Waals surface area contributed by atoms with Crippen LogP contribution in [0.3, 0.4) is 0 Å². The minimum Gasteiger partial charge on any atom is -0.497 e. The van der Waals surface area contributed by atoms with Crippen molar-refractivity contribution in [1.29, 1.82) is 0 Å². The van der Waals surface area contributed by atoms with Crippen LogP contribution in [0.1, 0.15) is 37.7 Å². The number of benzene rings is 1. The van der Waals surface area contributed by atoms with Crippen molar-refractivity contribution in [3.8, 4) is 5.75 Å². The van der Waals surface area contributed by atoms with Crippen LogP contribution in [0.15, 0.2) is 24.3 Å². The molecular weight excluding hydrogens is 368 g/mol. The van der Waals surface area contributed by atoms with Crippen molar-refractivity contribution in [2.75, 3.05) is 38.8 Å². The first-order chi connectivity index (χ1) is 13.7. The van der Waals surface area contributed by atoms with Crippen LogP contribution in [0.25, 0.3) is 0 Å². The average molecular weight is 403 g/mol. The lowest BCUT2D eigenvalue weighted by Crippen LogP contribution is -2.49. The van der Waals surface area contributed by atoms with E-state index in [2.05, 4.69) is 39.8 Å². The maximum Gasteiger partial charge on any atom is 0.225 e. The van der Waals surface area contributed by atoms with E-state index in [1.54, 1.807) is 7.11 Å². The van der Waals surface area contributed by atoms with Gasteiger partial charge in [0.05, 0.1) is 7.11 Å². The van der Waals surface area contributed by atoms with Gasteiger partial charge >= 0.3 is 0 Å². The van der Waals surface area contributed by atoms with E-state index in [1.807, 2.05) is 13.1 Å². The van der Waals surface area contributed by atoms with Gasteiger partial charge in [0.1, 0.15) is 5.75 Å². The quantitative estimate of drug-likeness (QED) is 0.696. The van der Waals surface area contributed by atoms with E-state index in [0.29, 0.717) is 17.9 Å². The van der Waals surface area contributed by atoms with Gasteiger partial charge in [-0.1, -0.05) is 12.1 Å². The summed E-state index contributed by atoms with van der Waals surface area (Å²) in [5.41, 5.74) is 1.27. The highest BCUT2D eigenvalue weighted by molar-refractivity contribution is 7.99. The third-order valence-electron chi connectivity index (χ3n) is 6.89. The zero-order chi connectivity index (χ0) is 19.5. The van der Waals surface area contributed by atoms with Crippen LogP contribution in [0.5, 0.6) is 5.75 Å². The number of carbonyl (C=O) groups excluding carboxylic acids is 1. The highest BCUT2D eigenvalue weighted by atomic mass is 32.2. The van der Waals surface area contributed by atoms with Gasteiger partial charge in [-0.25, -0.2) is 0 Å². The lowest BCUT2D eigenvalue weighted by atomic mass is 9.84. The Morgan fingerprint density at radius 1 is 1.25 bits per heavy atom. The van der Waals surface area contributed by atoms with Crippen LogP contribution in [0.2, 0.25) is 0 Å². The van der Waals surface area contributed by atoms with Gasteiger partial charge in [0.15, 0.2) is 0 Å². The van der Waals surface area contributed by atoms with Crippen molar-refractivity contribution < 1.29 is 9.53 Å². The van der Waals surface area contributed by atoms with Gasteiger partial charge < -0.3 is 9.64 Å². The predicted molar refractivity (Wildman–Crippen MR) is 116 cm³/mol. The Hall–Kier alpha value is -1.20. The molecule has 3 aliphatic rings. The van der Waals surface area contributed by atoms with Crippen LogP contribution >= 0.6 is 11.8 Å². The molecular formula is C23H34N2O2S. The van der Waals surface area contributed by atoms with E-state index in [4.69, 9.17) is 4.74 Å². The Balaban J connectivity index is 1.45. The predicted octanol–water partition coefficient (Wildman–Crippen LogP) is 3.69. The fraction of sp³-hybridized carbons (Fsp3) is 0.696. The number of methoxy groups -OCH3 is 1. The molecule has 28 heavy (non-hydrogen) atoms. The van der Waals surface area contributed by atoms with Crippen LogP contribution in [0.4, 0.5) is 0 Å². The monoisotopic (exact) mass is 402 g/mol. The number of thioether (sulfide) groups is 1. The minimum absolute atomic E-state index is 0.286. The molecule has 2 saturated heterocycles. The lowest BCUT2D eigenvalue weighted by Gasteiger charge is -2.42. The Kier molecular flexibility index (Phi) is 6.52.